The largest absolute Gasteiger partial charge is 0.444 e. The molecule has 27 heavy (non-hydrogen) atoms. The Labute approximate surface area is 158 Å². The third kappa shape index (κ3) is 6.97. The zero-order chi connectivity index (χ0) is 19.9. The van der Waals surface area contributed by atoms with Crippen LogP contribution in [0.15, 0.2) is 52.7 Å². The van der Waals surface area contributed by atoms with E-state index >= 15 is 0 Å². The van der Waals surface area contributed by atoms with Crippen LogP contribution in [0.5, 0.6) is 0 Å². The van der Waals surface area contributed by atoms with E-state index in [0.29, 0.717) is 29.3 Å². The number of rotatable bonds is 6. The van der Waals surface area contributed by atoms with E-state index in [-0.39, 0.29) is 12.2 Å². The van der Waals surface area contributed by atoms with Crippen molar-refractivity contribution in [3.8, 4) is 0 Å². The summed E-state index contributed by atoms with van der Waals surface area (Å²) in [6.45, 7) is 7.12. The lowest BCUT2D eigenvalue weighted by Crippen LogP contribution is -2.27. The van der Waals surface area contributed by atoms with E-state index in [4.69, 9.17) is 4.74 Å². The van der Waals surface area contributed by atoms with Gasteiger partial charge in [-0.3, -0.25) is 10.1 Å². The number of anilines is 1. The van der Waals surface area contributed by atoms with E-state index in [0.717, 1.165) is 0 Å². The van der Waals surface area contributed by atoms with Gasteiger partial charge in [-0.25, -0.2) is 9.78 Å². The first-order valence-electron chi connectivity index (χ1n) is 8.75. The average molecular weight is 368 g/mol. The number of amides is 1. The molecule has 0 aliphatic carbocycles. The van der Waals surface area contributed by atoms with Crippen LogP contribution in [0.2, 0.25) is 0 Å². The van der Waals surface area contributed by atoms with Gasteiger partial charge < -0.3 is 4.74 Å². The van der Waals surface area contributed by atoms with Gasteiger partial charge in [-0.05, 0) is 45.0 Å². The molecule has 1 N–H and O–H groups in total. The Morgan fingerprint density at radius 2 is 1.78 bits per heavy atom. The second kappa shape index (κ2) is 9.02. The van der Waals surface area contributed by atoms with Crippen molar-refractivity contribution in [3.05, 3.63) is 48.2 Å². The third-order valence-corrected chi connectivity index (χ3v) is 3.37. The molecule has 1 heterocycles. The molecule has 0 saturated carbocycles. The number of aromatic nitrogens is 1. The number of carbonyl (C=O) groups excluding carboxylic acids is 2. The zero-order valence-electron chi connectivity index (χ0n) is 16.0. The summed E-state index contributed by atoms with van der Waals surface area (Å²) >= 11 is 0. The number of azo groups is 1. The van der Waals surface area contributed by atoms with Crippen molar-refractivity contribution < 1.29 is 14.3 Å². The first kappa shape index (κ1) is 20.2. The highest BCUT2D eigenvalue weighted by Gasteiger charge is 2.17. The number of carbonyl (C=O) groups is 2. The number of nitrogens with one attached hydrogen (secondary N) is 1. The van der Waals surface area contributed by atoms with Gasteiger partial charge in [0.2, 0.25) is 0 Å². The Balaban J connectivity index is 2.24. The fourth-order valence-electron chi connectivity index (χ4n) is 2.11. The van der Waals surface area contributed by atoms with Gasteiger partial charge >= 0.3 is 6.09 Å². The molecule has 1 aromatic heterocycles. The van der Waals surface area contributed by atoms with Crippen LogP contribution >= 0.6 is 0 Å². The molecule has 0 radical (unpaired) electrons. The molecule has 0 saturated heterocycles. The maximum Gasteiger partial charge on any atom is 0.413 e. The third-order valence-electron chi connectivity index (χ3n) is 3.37. The van der Waals surface area contributed by atoms with Gasteiger partial charge in [0.1, 0.15) is 22.9 Å². The van der Waals surface area contributed by atoms with Gasteiger partial charge in [0.05, 0.1) is 17.8 Å². The second-order valence-corrected chi connectivity index (χ2v) is 6.89. The predicted molar refractivity (Wildman–Crippen MR) is 104 cm³/mol. The van der Waals surface area contributed by atoms with Crippen LogP contribution in [-0.4, -0.2) is 22.5 Å². The molecule has 142 valence electrons. The molecule has 0 aliphatic rings. The highest BCUT2D eigenvalue weighted by atomic mass is 16.6. The highest BCUT2D eigenvalue weighted by molar-refractivity contribution is 5.85. The number of hydrogen-bond donors (Lipinski definition) is 1. The standard InChI is InChI=1S/C20H24N4O3/c1-5-15(25)13-17-16(24-23-14-9-7-6-8-10-14)11-12-18(21-17)22-19(26)27-20(2,3)4/h6-12H,5,13H2,1-4H3,(H,21,22,26). The Hall–Kier alpha value is -3.09. The molecule has 7 nitrogen and oxygen atoms in total. The summed E-state index contributed by atoms with van der Waals surface area (Å²) in [4.78, 5) is 28.2. The smallest absolute Gasteiger partial charge is 0.413 e. The molecule has 0 bridgehead atoms. The number of ketones is 1. The molecule has 0 fully saturated rings. The first-order chi connectivity index (χ1) is 12.8. The molecule has 0 atom stereocenters. The van der Waals surface area contributed by atoms with E-state index in [1.807, 2.05) is 30.3 Å². The molecule has 2 aromatic rings. The van der Waals surface area contributed by atoms with E-state index in [1.165, 1.54) is 0 Å². The van der Waals surface area contributed by atoms with Gasteiger partial charge in [-0.2, -0.15) is 5.11 Å². The van der Waals surface area contributed by atoms with E-state index in [1.54, 1.807) is 39.8 Å². The quantitative estimate of drug-likeness (QED) is 0.694. The first-order valence-corrected chi connectivity index (χ1v) is 8.75. The molecular weight excluding hydrogens is 344 g/mol. The highest BCUT2D eigenvalue weighted by Crippen LogP contribution is 2.24. The lowest BCUT2D eigenvalue weighted by atomic mass is 10.1. The number of Topliss-reactive ketones (excluding diaryl/α,β-unsaturated/α-hetero) is 1. The molecule has 7 heteroatoms. The van der Waals surface area contributed by atoms with E-state index in [9.17, 15) is 9.59 Å². The maximum absolute atomic E-state index is 11.9. The van der Waals surface area contributed by atoms with Crippen LogP contribution in [0.25, 0.3) is 0 Å². The van der Waals surface area contributed by atoms with Crippen LogP contribution < -0.4 is 5.32 Å². The minimum absolute atomic E-state index is 0.0214. The maximum atomic E-state index is 11.9. The summed E-state index contributed by atoms with van der Waals surface area (Å²) in [7, 11) is 0. The lowest BCUT2D eigenvalue weighted by molar-refractivity contribution is -0.118. The van der Waals surface area contributed by atoms with Crippen molar-refractivity contribution in [2.45, 2.75) is 46.1 Å². The fourth-order valence-corrected chi connectivity index (χ4v) is 2.11. The van der Waals surface area contributed by atoms with Crippen molar-refractivity contribution >= 4 is 29.1 Å². The van der Waals surface area contributed by atoms with E-state index in [2.05, 4.69) is 20.5 Å². The van der Waals surface area contributed by atoms with Crippen molar-refractivity contribution in [2.75, 3.05) is 5.32 Å². The summed E-state index contributed by atoms with van der Waals surface area (Å²) in [5.41, 5.74) is 1.02. The molecule has 1 aromatic carbocycles. The second-order valence-electron chi connectivity index (χ2n) is 6.89. The van der Waals surface area contributed by atoms with E-state index < -0.39 is 11.7 Å². The topological polar surface area (TPSA) is 93.0 Å². The normalized spacial score (nSPS) is 11.4. The minimum Gasteiger partial charge on any atom is -0.444 e. The van der Waals surface area contributed by atoms with Crippen LogP contribution in [-0.2, 0) is 16.0 Å². The Kier molecular flexibility index (Phi) is 6.76. The molecule has 1 amide bonds. The predicted octanol–water partition coefficient (Wildman–Crippen LogP) is 5.37. The van der Waals surface area contributed by atoms with Gasteiger partial charge in [0.25, 0.3) is 0 Å². The van der Waals surface area contributed by atoms with Crippen molar-refractivity contribution in [3.63, 3.8) is 0 Å². The number of ether oxygens (including phenoxy) is 1. The fraction of sp³-hybridized carbons (Fsp3) is 0.350. The van der Waals surface area contributed by atoms with Gasteiger partial charge in [-0.15, -0.1) is 5.11 Å². The number of hydrogen-bond acceptors (Lipinski definition) is 6. The molecule has 0 unspecified atom stereocenters. The van der Waals surface area contributed by atoms with Crippen LogP contribution in [0.4, 0.5) is 22.0 Å². The summed E-state index contributed by atoms with van der Waals surface area (Å²) in [6, 6.07) is 12.5. The molecule has 2 rings (SSSR count). The average Bonchev–Trinajstić information content (AvgIpc) is 2.60. The zero-order valence-corrected chi connectivity index (χ0v) is 16.0. The lowest BCUT2D eigenvalue weighted by Gasteiger charge is -2.19. The summed E-state index contributed by atoms with van der Waals surface area (Å²) in [6.07, 6.45) is -0.106. The number of pyridine rings is 1. The molecule has 0 aliphatic heterocycles. The van der Waals surface area contributed by atoms with Crippen LogP contribution in [0, 0.1) is 0 Å². The number of nitrogens with zero attached hydrogens (tertiary/aromatic N) is 3. The summed E-state index contributed by atoms with van der Waals surface area (Å²) in [5.74, 6) is 0.315. The molecule has 0 spiro atoms. The van der Waals surface area contributed by atoms with Crippen LogP contribution in [0.1, 0.15) is 39.8 Å². The monoisotopic (exact) mass is 368 g/mol. The summed E-state index contributed by atoms with van der Waals surface area (Å²) in [5, 5.41) is 11.0. The van der Waals surface area contributed by atoms with Gasteiger partial charge in [0.15, 0.2) is 0 Å². The summed E-state index contributed by atoms with van der Waals surface area (Å²) < 4.78 is 5.22. The minimum atomic E-state index is -0.616. The Morgan fingerprint density at radius 3 is 2.41 bits per heavy atom. The Morgan fingerprint density at radius 1 is 1.07 bits per heavy atom. The molecular formula is C20H24N4O3. The van der Waals surface area contributed by atoms with Crippen molar-refractivity contribution in [2.24, 2.45) is 10.2 Å². The SMILES string of the molecule is CCC(=O)Cc1nc(NC(=O)OC(C)(C)C)ccc1N=Nc1ccccc1. The van der Waals surface area contributed by atoms with Crippen molar-refractivity contribution in [1.82, 2.24) is 4.98 Å². The van der Waals surface area contributed by atoms with Gasteiger partial charge in [0, 0.05) is 6.42 Å². The van der Waals surface area contributed by atoms with Crippen LogP contribution in [0.3, 0.4) is 0 Å². The van der Waals surface area contributed by atoms with Crippen molar-refractivity contribution in [1.29, 1.82) is 0 Å². The van der Waals surface area contributed by atoms with Gasteiger partial charge in [-0.1, -0.05) is 25.1 Å². The Bertz CT molecular complexity index is 827. The number of benzene rings is 1.